The standard InChI is InChI=1S/C11H9ClN4O2S/c12-7-4-5(13)3-6(10(14)18)9(7)19-11-15-2-1-8(17)16-11/h1-4H,13H2,(H2,14,18)(H,15,16,17). The molecule has 0 spiro atoms. The monoisotopic (exact) mass is 296 g/mol. The highest BCUT2D eigenvalue weighted by atomic mass is 35.5. The normalized spacial score (nSPS) is 10.4. The summed E-state index contributed by atoms with van der Waals surface area (Å²) in [5.74, 6) is -0.657. The van der Waals surface area contributed by atoms with Crippen molar-refractivity contribution in [2.24, 2.45) is 5.73 Å². The summed E-state index contributed by atoms with van der Waals surface area (Å²) >= 11 is 7.08. The van der Waals surface area contributed by atoms with E-state index in [-0.39, 0.29) is 16.1 Å². The number of nitrogens with zero attached hydrogens (tertiary/aromatic N) is 1. The lowest BCUT2D eigenvalue weighted by atomic mass is 10.2. The van der Waals surface area contributed by atoms with Crippen LogP contribution < -0.4 is 17.0 Å². The molecule has 0 aliphatic carbocycles. The third-order valence-electron chi connectivity index (χ3n) is 2.18. The molecule has 6 nitrogen and oxygen atoms in total. The first-order valence-corrected chi connectivity index (χ1v) is 6.29. The summed E-state index contributed by atoms with van der Waals surface area (Å²) in [6, 6.07) is 4.21. The number of carbonyl (C=O) groups is 1. The van der Waals surface area contributed by atoms with Crippen LogP contribution in [0.1, 0.15) is 10.4 Å². The van der Waals surface area contributed by atoms with E-state index in [0.717, 1.165) is 11.8 Å². The fourth-order valence-corrected chi connectivity index (χ4v) is 2.63. The predicted octanol–water partition coefficient (Wildman–Crippen LogP) is 1.26. The Kier molecular flexibility index (Phi) is 3.77. The molecule has 2 aromatic rings. The summed E-state index contributed by atoms with van der Waals surface area (Å²) < 4.78 is 0. The van der Waals surface area contributed by atoms with E-state index in [4.69, 9.17) is 23.1 Å². The molecule has 0 fully saturated rings. The van der Waals surface area contributed by atoms with Gasteiger partial charge in [0.15, 0.2) is 5.16 Å². The van der Waals surface area contributed by atoms with Crippen LogP contribution in [0.3, 0.4) is 0 Å². The first-order chi connectivity index (χ1) is 8.97. The molecule has 1 heterocycles. The Morgan fingerprint density at radius 2 is 2.16 bits per heavy atom. The third-order valence-corrected chi connectivity index (χ3v) is 3.63. The van der Waals surface area contributed by atoms with Gasteiger partial charge in [0.1, 0.15) is 0 Å². The molecule has 0 atom stereocenters. The Morgan fingerprint density at radius 1 is 1.42 bits per heavy atom. The molecule has 8 heteroatoms. The minimum absolute atomic E-state index is 0.182. The van der Waals surface area contributed by atoms with Gasteiger partial charge in [-0.25, -0.2) is 4.98 Å². The van der Waals surface area contributed by atoms with Crippen LogP contribution in [0.4, 0.5) is 5.69 Å². The molecule has 1 aromatic heterocycles. The van der Waals surface area contributed by atoms with E-state index in [2.05, 4.69) is 9.97 Å². The number of anilines is 1. The Bertz CT molecular complexity index is 701. The van der Waals surface area contributed by atoms with Gasteiger partial charge in [0, 0.05) is 22.8 Å². The van der Waals surface area contributed by atoms with Crippen LogP contribution in [-0.4, -0.2) is 15.9 Å². The molecule has 1 aromatic carbocycles. The maximum Gasteiger partial charge on any atom is 0.251 e. The molecule has 1 amide bonds. The summed E-state index contributed by atoms with van der Waals surface area (Å²) in [5, 5.41) is 0.576. The molecule has 5 N–H and O–H groups in total. The van der Waals surface area contributed by atoms with E-state index in [1.165, 1.54) is 24.4 Å². The molecular formula is C11H9ClN4O2S. The van der Waals surface area contributed by atoms with E-state index in [1.54, 1.807) is 0 Å². The molecular weight excluding hydrogens is 288 g/mol. The SMILES string of the molecule is NC(=O)c1cc(N)cc(Cl)c1Sc1nccc(=O)[nH]1. The highest BCUT2D eigenvalue weighted by Gasteiger charge is 2.15. The maximum absolute atomic E-state index is 11.4. The number of carbonyl (C=O) groups excluding carboxylic acids is 1. The fourth-order valence-electron chi connectivity index (χ4n) is 1.40. The molecule has 0 unspecified atom stereocenters. The van der Waals surface area contributed by atoms with Gasteiger partial charge >= 0.3 is 0 Å². The fraction of sp³-hybridized carbons (Fsp3) is 0. The van der Waals surface area contributed by atoms with E-state index in [9.17, 15) is 9.59 Å². The number of rotatable bonds is 3. The topological polar surface area (TPSA) is 115 Å². The molecule has 0 radical (unpaired) electrons. The summed E-state index contributed by atoms with van der Waals surface area (Å²) in [7, 11) is 0. The van der Waals surface area contributed by atoms with Crippen LogP contribution >= 0.6 is 23.4 Å². The van der Waals surface area contributed by atoms with Crippen molar-refractivity contribution in [1.82, 2.24) is 9.97 Å². The second kappa shape index (κ2) is 5.33. The summed E-state index contributed by atoms with van der Waals surface area (Å²) in [6.45, 7) is 0. The molecule has 98 valence electrons. The Morgan fingerprint density at radius 3 is 2.79 bits per heavy atom. The van der Waals surface area contributed by atoms with Gasteiger partial charge in [-0.1, -0.05) is 11.6 Å². The smallest absolute Gasteiger partial charge is 0.251 e. The number of hydrogen-bond donors (Lipinski definition) is 3. The van der Waals surface area contributed by atoms with Crippen LogP contribution in [0.15, 0.2) is 39.2 Å². The second-order valence-corrected chi connectivity index (χ2v) is 4.99. The average Bonchev–Trinajstić information content (AvgIpc) is 2.32. The van der Waals surface area contributed by atoms with Gasteiger partial charge in [0.25, 0.3) is 5.56 Å². The van der Waals surface area contributed by atoms with Gasteiger partial charge in [-0.05, 0) is 23.9 Å². The number of halogens is 1. The zero-order valence-electron chi connectivity index (χ0n) is 9.51. The number of hydrogen-bond acceptors (Lipinski definition) is 5. The molecule has 0 saturated heterocycles. The van der Waals surface area contributed by atoms with Gasteiger partial charge in [-0.2, -0.15) is 0 Å². The molecule has 2 rings (SSSR count). The number of H-pyrrole nitrogens is 1. The van der Waals surface area contributed by atoms with Gasteiger partial charge in [-0.3, -0.25) is 9.59 Å². The quantitative estimate of drug-likeness (QED) is 0.582. The van der Waals surface area contributed by atoms with Crippen LogP contribution in [0.25, 0.3) is 0 Å². The molecule has 19 heavy (non-hydrogen) atoms. The second-order valence-electron chi connectivity index (χ2n) is 3.58. The number of nitrogen functional groups attached to an aromatic ring is 1. The Labute approximate surface area is 117 Å². The van der Waals surface area contributed by atoms with Gasteiger partial charge < -0.3 is 16.5 Å². The van der Waals surface area contributed by atoms with Crippen molar-refractivity contribution in [3.63, 3.8) is 0 Å². The Balaban J connectivity index is 2.50. The van der Waals surface area contributed by atoms with Crippen LogP contribution in [0.5, 0.6) is 0 Å². The van der Waals surface area contributed by atoms with Crippen molar-refractivity contribution >= 4 is 35.0 Å². The van der Waals surface area contributed by atoms with E-state index >= 15 is 0 Å². The minimum Gasteiger partial charge on any atom is -0.399 e. The van der Waals surface area contributed by atoms with Crippen molar-refractivity contribution in [2.45, 2.75) is 10.1 Å². The number of benzene rings is 1. The van der Waals surface area contributed by atoms with Crippen molar-refractivity contribution < 1.29 is 4.79 Å². The number of aromatic amines is 1. The van der Waals surface area contributed by atoms with Crippen molar-refractivity contribution in [3.8, 4) is 0 Å². The van der Waals surface area contributed by atoms with E-state index < -0.39 is 5.91 Å². The lowest BCUT2D eigenvalue weighted by molar-refractivity contribution is 0.0997. The molecule has 0 aliphatic rings. The molecule has 0 aliphatic heterocycles. The summed E-state index contributed by atoms with van der Waals surface area (Å²) in [6.07, 6.45) is 1.36. The van der Waals surface area contributed by atoms with E-state index in [0.29, 0.717) is 15.7 Å². The van der Waals surface area contributed by atoms with Crippen molar-refractivity contribution in [2.75, 3.05) is 5.73 Å². The zero-order chi connectivity index (χ0) is 14.0. The number of aromatic nitrogens is 2. The van der Waals surface area contributed by atoms with Gasteiger partial charge in [0.2, 0.25) is 5.91 Å². The minimum atomic E-state index is -0.657. The molecule has 0 bridgehead atoms. The van der Waals surface area contributed by atoms with Crippen LogP contribution in [-0.2, 0) is 0 Å². The third kappa shape index (κ3) is 3.07. The lowest BCUT2D eigenvalue weighted by Crippen LogP contribution is -2.13. The van der Waals surface area contributed by atoms with E-state index in [1.807, 2.05) is 0 Å². The molecule has 0 saturated carbocycles. The Hall–Kier alpha value is -1.99. The van der Waals surface area contributed by atoms with Crippen LogP contribution in [0.2, 0.25) is 5.02 Å². The number of amides is 1. The van der Waals surface area contributed by atoms with Gasteiger partial charge in [0.05, 0.1) is 10.6 Å². The lowest BCUT2D eigenvalue weighted by Gasteiger charge is -2.09. The van der Waals surface area contributed by atoms with Gasteiger partial charge in [-0.15, -0.1) is 0 Å². The summed E-state index contributed by atoms with van der Waals surface area (Å²) in [5.41, 5.74) is 11.1. The first-order valence-electron chi connectivity index (χ1n) is 5.09. The summed E-state index contributed by atoms with van der Waals surface area (Å²) in [4.78, 5) is 29.5. The average molecular weight is 297 g/mol. The zero-order valence-corrected chi connectivity index (χ0v) is 11.1. The highest BCUT2D eigenvalue weighted by molar-refractivity contribution is 7.99. The largest absolute Gasteiger partial charge is 0.399 e. The first kappa shape index (κ1) is 13.4. The van der Waals surface area contributed by atoms with Crippen LogP contribution in [0, 0.1) is 0 Å². The maximum atomic E-state index is 11.4. The number of nitrogens with one attached hydrogen (secondary N) is 1. The van der Waals surface area contributed by atoms with Crippen molar-refractivity contribution in [3.05, 3.63) is 45.3 Å². The number of nitrogens with two attached hydrogens (primary N) is 2. The predicted molar refractivity (Wildman–Crippen MR) is 73.4 cm³/mol. The highest BCUT2D eigenvalue weighted by Crippen LogP contribution is 2.35. The number of primary amides is 1. The van der Waals surface area contributed by atoms with Crippen molar-refractivity contribution in [1.29, 1.82) is 0 Å².